The molecule has 0 aromatic carbocycles. The molecule has 1 aromatic rings. The first kappa shape index (κ1) is 11.8. The van der Waals surface area contributed by atoms with Crippen molar-refractivity contribution >= 4 is 11.8 Å². The summed E-state index contributed by atoms with van der Waals surface area (Å²) in [4.78, 5) is 14.6. The third-order valence-electron chi connectivity index (χ3n) is 2.84. The number of rotatable bonds is 3. The molecule has 1 aromatic heterocycles. The number of aryl methyl sites for hydroxylation is 1. The maximum atomic E-state index is 10.6. The predicted octanol–water partition coefficient (Wildman–Crippen LogP) is -0.00838. The molecule has 1 saturated heterocycles. The fourth-order valence-corrected chi connectivity index (χ4v) is 1.89. The smallest absolute Gasteiger partial charge is 0.317 e. The van der Waals surface area contributed by atoms with Crippen LogP contribution < -0.4 is 4.90 Å². The lowest BCUT2D eigenvalue weighted by atomic mass is 10.3. The highest BCUT2D eigenvalue weighted by atomic mass is 16.4. The van der Waals surface area contributed by atoms with Crippen molar-refractivity contribution in [3.63, 3.8) is 0 Å². The van der Waals surface area contributed by atoms with Crippen molar-refractivity contribution in [2.75, 3.05) is 37.6 Å². The molecule has 0 radical (unpaired) electrons. The average molecular weight is 236 g/mol. The third kappa shape index (κ3) is 3.13. The maximum Gasteiger partial charge on any atom is 0.317 e. The molecule has 6 heteroatoms. The molecule has 2 rings (SSSR count). The molecule has 1 aliphatic heterocycles. The van der Waals surface area contributed by atoms with Crippen molar-refractivity contribution < 1.29 is 9.90 Å². The van der Waals surface area contributed by atoms with Crippen molar-refractivity contribution in [3.8, 4) is 0 Å². The summed E-state index contributed by atoms with van der Waals surface area (Å²) in [6.07, 6.45) is 0. The van der Waals surface area contributed by atoms with Gasteiger partial charge in [-0.3, -0.25) is 9.69 Å². The summed E-state index contributed by atoms with van der Waals surface area (Å²) in [5.74, 6) is 0.0964. The van der Waals surface area contributed by atoms with E-state index in [2.05, 4.69) is 15.1 Å². The Labute approximate surface area is 99.9 Å². The predicted molar refractivity (Wildman–Crippen MR) is 63.1 cm³/mol. The number of aliphatic carboxylic acids is 1. The van der Waals surface area contributed by atoms with Gasteiger partial charge < -0.3 is 10.0 Å². The number of piperazine rings is 1. The number of nitrogens with zero attached hydrogens (tertiary/aromatic N) is 4. The Kier molecular flexibility index (Phi) is 3.53. The molecule has 0 aliphatic carbocycles. The summed E-state index contributed by atoms with van der Waals surface area (Å²) in [7, 11) is 0. The monoisotopic (exact) mass is 236 g/mol. The van der Waals surface area contributed by atoms with E-state index in [1.165, 1.54) is 0 Å². The van der Waals surface area contributed by atoms with E-state index < -0.39 is 5.97 Å². The first-order valence-electron chi connectivity index (χ1n) is 5.64. The molecule has 0 spiro atoms. The number of aromatic nitrogens is 2. The van der Waals surface area contributed by atoms with Gasteiger partial charge in [0.15, 0.2) is 5.82 Å². The molecule has 0 amide bonds. The van der Waals surface area contributed by atoms with E-state index in [1.54, 1.807) is 0 Å². The number of hydrogen-bond donors (Lipinski definition) is 1. The molecule has 1 aliphatic rings. The van der Waals surface area contributed by atoms with Crippen molar-refractivity contribution in [1.29, 1.82) is 0 Å². The zero-order valence-corrected chi connectivity index (χ0v) is 9.83. The van der Waals surface area contributed by atoms with Crippen molar-refractivity contribution in [1.82, 2.24) is 15.1 Å². The summed E-state index contributed by atoms with van der Waals surface area (Å²) in [5, 5.41) is 16.9. The Bertz CT molecular complexity index is 385. The minimum Gasteiger partial charge on any atom is -0.480 e. The van der Waals surface area contributed by atoms with Crippen LogP contribution in [0.4, 0.5) is 5.82 Å². The quantitative estimate of drug-likeness (QED) is 0.796. The number of anilines is 1. The Morgan fingerprint density at radius 2 is 2.00 bits per heavy atom. The second kappa shape index (κ2) is 5.09. The van der Waals surface area contributed by atoms with Gasteiger partial charge in [0.2, 0.25) is 0 Å². The fourth-order valence-electron chi connectivity index (χ4n) is 1.89. The van der Waals surface area contributed by atoms with E-state index in [0.29, 0.717) is 0 Å². The highest BCUT2D eigenvalue weighted by molar-refractivity contribution is 5.69. The highest BCUT2D eigenvalue weighted by Crippen LogP contribution is 2.12. The van der Waals surface area contributed by atoms with Crippen LogP contribution >= 0.6 is 0 Å². The minimum atomic E-state index is -0.770. The van der Waals surface area contributed by atoms with Gasteiger partial charge in [0.05, 0.1) is 12.2 Å². The molecular formula is C11H16N4O2. The van der Waals surface area contributed by atoms with Crippen LogP contribution in [0.2, 0.25) is 0 Å². The first-order valence-corrected chi connectivity index (χ1v) is 5.64. The molecule has 17 heavy (non-hydrogen) atoms. The number of hydrogen-bond acceptors (Lipinski definition) is 5. The molecule has 0 bridgehead atoms. The van der Waals surface area contributed by atoms with Gasteiger partial charge in [0, 0.05) is 26.2 Å². The number of carboxylic acid groups (broad SMARTS) is 1. The van der Waals surface area contributed by atoms with Crippen molar-refractivity contribution in [2.45, 2.75) is 6.92 Å². The van der Waals surface area contributed by atoms with E-state index in [1.807, 2.05) is 24.0 Å². The third-order valence-corrected chi connectivity index (χ3v) is 2.84. The van der Waals surface area contributed by atoms with E-state index in [0.717, 1.165) is 37.7 Å². The second-order valence-corrected chi connectivity index (χ2v) is 4.19. The lowest BCUT2D eigenvalue weighted by molar-refractivity contribution is -0.138. The normalized spacial score (nSPS) is 17.1. The minimum absolute atomic E-state index is 0.118. The van der Waals surface area contributed by atoms with Gasteiger partial charge in [0.1, 0.15) is 0 Å². The molecule has 6 nitrogen and oxygen atoms in total. The summed E-state index contributed by atoms with van der Waals surface area (Å²) in [6, 6.07) is 3.89. The summed E-state index contributed by atoms with van der Waals surface area (Å²) in [6.45, 7) is 5.12. The molecule has 0 unspecified atom stereocenters. The highest BCUT2D eigenvalue weighted by Gasteiger charge is 2.19. The second-order valence-electron chi connectivity index (χ2n) is 4.19. The van der Waals surface area contributed by atoms with Crippen LogP contribution in [-0.2, 0) is 4.79 Å². The standard InChI is InChI=1S/C11H16N4O2/c1-9-2-3-10(13-12-9)15-6-4-14(5-7-15)8-11(16)17/h2-3H,4-8H2,1H3,(H,16,17). The summed E-state index contributed by atoms with van der Waals surface area (Å²) < 4.78 is 0. The van der Waals surface area contributed by atoms with Crippen LogP contribution in [0.25, 0.3) is 0 Å². The van der Waals surface area contributed by atoms with E-state index in [4.69, 9.17) is 5.11 Å². The van der Waals surface area contributed by atoms with Gasteiger partial charge in [-0.1, -0.05) is 0 Å². The van der Waals surface area contributed by atoms with Crippen LogP contribution in [0.3, 0.4) is 0 Å². The van der Waals surface area contributed by atoms with E-state index >= 15 is 0 Å². The molecule has 0 atom stereocenters. The first-order chi connectivity index (χ1) is 8.15. The van der Waals surface area contributed by atoms with Crippen LogP contribution in [0, 0.1) is 6.92 Å². The molecular weight excluding hydrogens is 220 g/mol. The lowest BCUT2D eigenvalue weighted by Crippen LogP contribution is -2.48. The van der Waals surface area contributed by atoms with Gasteiger partial charge in [-0.25, -0.2) is 0 Å². The maximum absolute atomic E-state index is 10.6. The van der Waals surface area contributed by atoms with E-state index in [9.17, 15) is 4.79 Å². The van der Waals surface area contributed by atoms with Crippen LogP contribution in [0.1, 0.15) is 5.69 Å². The Hall–Kier alpha value is -1.69. The Balaban J connectivity index is 1.90. The number of carbonyl (C=O) groups is 1. The summed E-state index contributed by atoms with van der Waals surface area (Å²) in [5.41, 5.74) is 0.901. The van der Waals surface area contributed by atoms with Gasteiger partial charge in [-0.2, -0.15) is 5.10 Å². The molecule has 2 heterocycles. The molecule has 1 fully saturated rings. The number of carboxylic acids is 1. The fraction of sp³-hybridized carbons (Fsp3) is 0.545. The van der Waals surface area contributed by atoms with Gasteiger partial charge in [0.25, 0.3) is 0 Å². The van der Waals surface area contributed by atoms with Crippen LogP contribution in [0.15, 0.2) is 12.1 Å². The van der Waals surface area contributed by atoms with Crippen LogP contribution in [0.5, 0.6) is 0 Å². The Morgan fingerprint density at radius 3 is 2.53 bits per heavy atom. The van der Waals surface area contributed by atoms with Gasteiger partial charge >= 0.3 is 5.97 Å². The molecule has 92 valence electrons. The topological polar surface area (TPSA) is 69.6 Å². The SMILES string of the molecule is Cc1ccc(N2CCN(CC(=O)O)CC2)nn1. The zero-order chi connectivity index (χ0) is 12.3. The zero-order valence-electron chi connectivity index (χ0n) is 9.83. The molecule has 1 N–H and O–H groups in total. The largest absolute Gasteiger partial charge is 0.480 e. The average Bonchev–Trinajstić information content (AvgIpc) is 2.30. The van der Waals surface area contributed by atoms with Crippen LogP contribution in [-0.4, -0.2) is 58.9 Å². The van der Waals surface area contributed by atoms with Crippen molar-refractivity contribution in [3.05, 3.63) is 17.8 Å². The van der Waals surface area contributed by atoms with Crippen molar-refractivity contribution in [2.24, 2.45) is 0 Å². The van der Waals surface area contributed by atoms with Gasteiger partial charge in [-0.05, 0) is 19.1 Å². The summed E-state index contributed by atoms with van der Waals surface area (Å²) >= 11 is 0. The lowest BCUT2D eigenvalue weighted by Gasteiger charge is -2.34. The van der Waals surface area contributed by atoms with E-state index in [-0.39, 0.29) is 6.54 Å². The Morgan fingerprint density at radius 1 is 1.29 bits per heavy atom. The molecule has 0 saturated carbocycles. The van der Waals surface area contributed by atoms with Gasteiger partial charge in [-0.15, -0.1) is 5.10 Å².